The van der Waals surface area contributed by atoms with Crippen molar-refractivity contribution in [3.63, 3.8) is 0 Å². The SMILES string of the molecule is CC(C)(C)c1c(-c2cccc3c2oc2ccccc23)cccc1-c1cccc2c1oc1ccccc12.[2H]c1c([2H])c(C)c([2H])c(-c2cccc(-c3cccc4c3oc3ccccc34)c2C(C)(C)C)c1[2H].[2H]c1c([2H])c(C)c([2H])c(-c2cccc(-c3cccc4oc5ccccc5c34)c2C(C)(C)C)c1[2H]. The molecule has 4 aromatic heterocycles. The van der Waals surface area contributed by atoms with E-state index >= 15 is 0 Å². The number of para-hydroxylation sites is 7. The summed E-state index contributed by atoms with van der Waals surface area (Å²) in [5.74, 6) is 0. The van der Waals surface area contributed by atoms with Gasteiger partial charge in [-0.3, -0.25) is 0 Å². The molecule has 17 rings (SSSR count). The fraction of sp³-hybridized carbons (Fsp3) is 0.152. The molecule has 96 heavy (non-hydrogen) atoms. The minimum absolute atomic E-state index is 0.0538. The van der Waals surface area contributed by atoms with E-state index < -0.39 is 0 Å². The number of hydrogen-bond donors (Lipinski definition) is 0. The van der Waals surface area contributed by atoms with Crippen molar-refractivity contribution in [2.24, 2.45) is 0 Å². The Morgan fingerprint density at radius 2 is 0.521 bits per heavy atom. The van der Waals surface area contributed by atoms with Crippen LogP contribution in [0.5, 0.6) is 0 Å². The largest absolute Gasteiger partial charge is 0.456 e. The van der Waals surface area contributed by atoms with Crippen LogP contribution >= 0.6 is 0 Å². The first kappa shape index (κ1) is 52.4. The highest BCUT2D eigenvalue weighted by Crippen LogP contribution is 2.49. The van der Waals surface area contributed by atoms with Gasteiger partial charge in [-0.05, 0) is 127 Å². The molecule has 0 N–H and O–H groups in total. The van der Waals surface area contributed by atoms with Crippen molar-refractivity contribution in [2.45, 2.75) is 92.4 Å². The van der Waals surface area contributed by atoms with Crippen LogP contribution in [0.2, 0.25) is 0 Å². The molecule has 17 aromatic rings. The van der Waals surface area contributed by atoms with Crippen molar-refractivity contribution in [3.8, 4) is 66.8 Å². The van der Waals surface area contributed by atoms with Crippen molar-refractivity contribution in [3.05, 3.63) is 301 Å². The molecular weight excluding hydrogens is 1170 g/mol. The predicted molar refractivity (Wildman–Crippen MR) is 407 cm³/mol. The normalized spacial score (nSPS) is 13.3. The number of fused-ring (bicyclic) bond motifs is 12. The average molecular weight is 1260 g/mol. The number of benzene rings is 13. The maximum Gasteiger partial charge on any atom is 0.143 e. The van der Waals surface area contributed by atoms with Gasteiger partial charge in [0, 0.05) is 59.8 Å². The van der Waals surface area contributed by atoms with Crippen LogP contribution in [0.4, 0.5) is 0 Å². The zero-order chi connectivity index (χ0) is 73.2. The summed E-state index contributed by atoms with van der Waals surface area (Å²) < 4.78 is 93.1. The first-order valence-corrected chi connectivity index (χ1v) is 32.9. The lowest BCUT2D eigenvalue weighted by Gasteiger charge is -2.27. The zero-order valence-corrected chi connectivity index (χ0v) is 56.0. The van der Waals surface area contributed by atoms with E-state index in [-0.39, 0.29) is 64.6 Å². The van der Waals surface area contributed by atoms with Crippen LogP contribution in [0.15, 0.2) is 290 Å². The molecule has 0 fully saturated rings. The summed E-state index contributed by atoms with van der Waals surface area (Å²) >= 11 is 0. The van der Waals surface area contributed by atoms with Gasteiger partial charge < -0.3 is 17.7 Å². The molecule has 0 saturated heterocycles. The third-order valence-corrected chi connectivity index (χ3v) is 18.3. The van der Waals surface area contributed by atoms with E-state index in [4.69, 9.17) is 28.6 Å². The smallest absolute Gasteiger partial charge is 0.143 e. The predicted octanol–water partition coefficient (Wildman–Crippen LogP) is 27.2. The van der Waals surface area contributed by atoms with Crippen LogP contribution < -0.4 is 0 Å². The minimum Gasteiger partial charge on any atom is -0.456 e. The van der Waals surface area contributed by atoms with Crippen molar-refractivity contribution >= 4 is 87.8 Å². The van der Waals surface area contributed by atoms with Crippen molar-refractivity contribution in [1.82, 2.24) is 0 Å². The Bertz CT molecular complexity index is 6120. The molecule has 4 heterocycles. The van der Waals surface area contributed by atoms with Gasteiger partial charge in [-0.25, -0.2) is 0 Å². The molecular formula is C92H78O4. The van der Waals surface area contributed by atoms with Gasteiger partial charge in [-0.2, -0.15) is 0 Å². The third kappa shape index (κ3) is 11.0. The van der Waals surface area contributed by atoms with Crippen LogP contribution in [0.25, 0.3) is 155 Å². The van der Waals surface area contributed by atoms with Crippen LogP contribution in [0.3, 0.4) is 0 Å². The summed E-state index contributed by atoms with van der Waals surface area (Å²) in [7, 11) is 0. The maximum absolute atomic E-state index is 8.76. The lowest BCUT2D eigenvalue weighted by molar-refractivity contribution is 0.593. The highest BCUT2D eigenvalue weighted by molar-refractivity contribution is 6.15. The minimum atomic E-state index is -0.325. The molecule has 13 aromatic carbocycles. The van der Waals surface area contributed by atoms with Gasteiger partial charge in [-0.1, -0.05) is 316 Å². The van der Waals surface area contributed by atoms with E-state index in [1.165, 1.54) is 16.7 Å². The summed E-state index contributed by atoms with van der Waals surface area (Å²) in [5, 5.41) is 8.78. The Labute approximate surface area is 573 Å². The van der Waals surface area contributed by atoms with Crippen LogP contribution in [-0.4, -0.2) is 0 Å². The molecule has 0 aliphatic carbocycles. The quantitative estimate of drug-likeness (QED) is 0.166. The lowest BCUT2D eigenvalue weighted by Crippen LogP contribution is -2.14. The topological polar surface area (TPSA) is 52.6 Å². The van der Waals surface area contributed by atoms with Crippen LogP contribution in [0, 0.1) is 13.8 Å². The molecule has 0 spiro atoms. The second-order valence-electron chi connectivity index (χ2n) is 28.1. The van der Waals surface area contributed by atoms with Crippen molar-refractivity contribution < 1.29 is 28.6 Å². The molecule has 0 aliphatic rings. The van der Waals surface area contributed by atoms with E-state index in [0.29, 0.717) is 22.3 Å². The summed E-state index contributed by atoms with van der Waals surface area (Å²) in [6.45, 7) is 23.0. The standard InChI is InChI=1S/C34H26O2.2C29H26O/c1-34(2,3)31-23(27-17-9-15-25-21-11-4-6-19-29(21)35-32(25)27)13-8-14-24(31)28-18-10-16-26-22-12-5-7-20-30(22)36-33(26)28;1-19-10-7-11-20(18-19)21-13-8-15-23(28(21)29(2,3)4)22-14-9-17-26-27(22)24-12-5-6-16-25(24)30-26;1-19-10-7-11-20(18-19)21-13-8-14-23(27(21)29(2,3)4)25-16-9-15-24-22-12-5-6-17-26(22)30-28(24)25/h4-20H,1-3H3;2*5-18H,1-4H3/i;2*7D,10D,11D,18D. The summed E-state index contributed by atoms with van der Waals surface area (Å²) in [6, 6.07) is 76.0. The van der Waals surface area contributed by atoms with Crippen LogP contribution in [0.1, 0.15) is 101 Å². The average Bonchev–Trinajstić information content (AvgIpc) is 1.29. The fourth-order valence-electron chi connectivity index (χ4n) is 14.4. The Balaban J connectivity index is 0.000000126. The molecule has 0 aliphatic heterocycles. The summed E-state index contributed by atoms with van der Waals surface area (Å²) in [5.41, 5.74) is 21.3. The molecule has 4 heteroatoms. The van der Waals surface area contributed by atoms with Gasteiger partial charge in [0.1, 0.15) is 44.7 Å². The number of rotatable bonds is 6. The molecule has 0 saturated carbocycles. The maximum atomic E-state index is 8.76. The van der Waals surface area contributed by atoms with Crippen molar-refractivity contribution in [1.29, 1.82) is 0 Å². The number of furan rings is 4. The lowest BCUT2D eigenvalue weighted by atomic mass is 9.76. The van der Waals surface area contributed by atoms with Crippen LogP contribution in [-0.2, 0) is 16.2 Å². The highest BCUT2D eigenvalue weighted by Gasteiger charge is 2.30. The van der Waals surface area contributed by atoms with E-state index in [9.17, 15) is 0 Å². The summed E-state index contributed by atoms with van der Waals surface area (Å²) in [6.07, 6.45) is 0. The zero-order valence-electron chi connectivity index (χ0n) is 64.0. The Kier molecular flexibility index (Phi) is 13.2. The highest BCUT2D eigenvalue weighted by atomic mass is 16.3. The monoisotopic (exact) mass is 1250 g/mol. The first-order chi connectivity index (χ1) is 49.7. The van der Waals surface area contributed by atoms with E-state index in [0.717, 1.165) is 143 Å². The van der Waals surface area contributed by atoms with Gasteiger partial charge in [0.05, 0.1) is 11.0 Å². The van der Waals surface area contributed by atoms with Crippen molar-refractivity contribution in [2.75, 3.05) is 0 Å². The molecule has 4 nitrogen and oxygen atoms in total. The van der Waals surface area contributed by atoms with E-state index in [2.05, 4.69) is 184 Å². The van der Waals surface area contributed by atoms with Gasteiger partial charge >= 0.3 is 0 Å². The van der Waals surface area contributed by atoms with Gasteiger partial charge in [0.2, 0.25) is 0 Å². The molecule has 470 valence electrons. The molecule has 0 bridgehead atoms. The van der Waals surface area contributed by atoms with E-state index in [1.54, 1.807) is 13.8 Å². The van der Waals surface area contributed by atoms with Gasteiger partial charge in [0.25, 0.3) is 0 Å². The first-order valence-electron chi connectivity index (χ1n) is 36.9. The molecule has 0 unspecified atom stereocenters. The third-order valence-electron chi connectivity index (χ3n) is 18.3. The Morgan fingerprint density at radius 3 is 0.906 bits per heavy atom. The second-order valence-corrected chi connectivity index (χ2v) is 28.1. The van der Waals surface area contributed by atoms with Gasteiger partial charge in [-0.15, -0.1) is 0 Å². The molecule has 0 atom stereocenters. The summed E-state index contributed by atoms with van der Waals surface area (Å²) in [4.78, 5) is 0. The molecule has 0 radical (unpaired) electrons. The molecule has 0 amide bonds. The number of hydrogen-bond acceptors (Lipinski definition) is 4. The second kappa shape index (κ2) is 24.1. The Hall–Kier alpha value is -10.9. The van der Waals surface area contributed by atoms with E-state index in [1.807, 2.05) is 103 Å². The Morgan fingerprint density at radius 1 is 0.250 bits per heavy atom. The van der Waals surface area contributed by atoms with Gasteiger partial charge in [0.15, 0.2) is 0 Å². The fourth-order valence-corrected chi connectivity index (χ4v) is 14.4.